The van der Waals surface area contributed by atoms with E-state index in [1.807, 2.05) is 60.8 Å². The largest absolute Gasteiger partial charge is 0.490 e. The molecule has 120 valence electrons. The van der Waals surface area contributed by atoms with Gasteiger partial charge in [0.05, 0.1) is 6.10 Å². The zero-order valence-electron chi connectivity index (χ0n) is 13.1. The molecule has 2 aromatic heterocycles. The van der Waals surface area contributed by atoms with Crippen molar-refractivity contribution in [3.8, 4) is 5.75 Å². The third kappa shape index (κ3) is 3.65. The van der Waals surface area contributed by atoms with E-state index in [1.165, 1.54) is 11.8 Å². The molecule has 0 aliphatic rings. The molecule has 1 aromatic carbocycles. The van der Waals surface area contributed by atoms with Gasteiger partial charge in [-0.3, -0.25) is 4.40 Å². The van der Waals surface area contributed by atoms with E-state index in [4.69, 9.17) is 4.74 Å². The first-order chi connectivity index (χ1) is 11.1. The summed E-state index contributed by atoms with van der Waals surface area (Å²) in [6.45, 7) is 4.27. The molecule has 0 spiro atoms. The molecule has 5 nitrogen and oxygen atoms in total. The summed E-state index contributed by atoms with van der Waals surface area (Å²) in [5.41, 5.74) is 2.96. The number of aromatic nitrogens is 3. The summed E-state index contributed by atoms with van der Waals surface area (Å²) in [7, 11) is 0. The minimum Gasteiger partial charge on any atom is -0.490 e. The second kappa shape index (κ2) is 7.02. The summed E-state index contributed by atoms with van der Waals surface area (Å²) in [6.07, 6.45) is 1.34. The maximum Gasteiger partial charge on any atom is 0.195 e. The highest BCUT2D eigenvalue weighted by atomic mass is 32.2. The summed E-state index contributed by atoms with van der Waals surface area (Å²) in [5, 5.41) is 19.2. The highest BCUT2D eigenvalue weighted by Gasteiger charge is 2.12. The smallest absolute Gasteiger partial charge is 0.195 e. The molecule has 1 atom stereocenters. The molecule has 0 bridgehead atoms. The molecule has 2 heterocycles. The Bertz CT molecular complexity index is 783. The standard InChI is InChI=1S/C17H19N3O2S/c1-12-6-5-7-13(2)16(12)22-10-14(21)11-23-17-19-18-15-8-3-4-9-20(15)17/h3-9,14,21H,10-11H2,1-2H3/t14-/m1/s1. The van der Waals surface area contributed by atoms with Crippen molar-refractivity contribution in [2.45, 2.75) is 25.1 Å². The normalized spacial score (nSPS) is 12.5. The van der Waals surface area contributed by atoms with Crippen LogP contribution < -0.4 is 4.74 Å². The Kier molecular flexibility index (Phi) is 4.83. The van der Waals surface area contributed by atoms with Crippen LogP contribution in [0.1, 0.15) is 11.1 Å². The van der Waals surface area contributed by atoms with Gasteiger partial charge in [0.2, 0.25) is 0 Å². The number of aryl methyl sites for hydroxylation is 2. The average Bonchev–Trinajstić information content (AvgIpc) is 2.96. The Morgan fingerprint density at radius 1 is 1.13 bits per heavy atom. The zero-order valence-corrected chi connectivity index (χ0v) is 14.0. The van der Waals surface area contributed by atoms with Gasteiger partial charge < -0.3 is 9.84 Å². The molecule has 0 fully saturated rings. The molecule has 0 aliphatic carbocycles. The lowest BCUT2D eigenvalue weighted by Gasteiger charge is -2.15. The van der Waals surface area contributed by atoms with E-state index < -0.39 is 6.10 Å². The van der Waals surface area contributed by atoms with Crippen molar-refractivity contribution in [2.24, 2.45) is 0 Å². The lowest BCUT2D eigenvalue weighted by Crippen LogP contribution is -2.20. The van der Waals surface area contributed by atoms with E-state index in [2.05, 4.69) is 10.2 Å². The number of aliphatic hydroxyl groups is 1. The Labute approximate surface area is 139 Å². The highest BCUT2D eigenvalue weighted by Crippen LogP contribution is 2.23. The minimum atomic E-state index is -0.574. The quantitative estimate of drug-likeness (QED) is 0.705. The monoisotopic (exact) mass is 329 g/mol. The number of hydrogen-bond acceptors (Lipinski definition) is 5. The van der Waals surface area contributed by atoms with E-state index in [0.717, 1.165) is 27.7 Å². The van der Waals surface area contributed by atoms with Gasteiger partial charge in [0.15, 0.2) is 10.8 Å². The molecule has 0 amide bonds. The number of para-hydroxylation sites is 1. The van der Waals surface area contributed by atoms with Crippen LogP contribution in [-0.2, 0) is 0 Å². The highest BCUT2D eigenvalue weighted by molar-refractivity contribution is 7.99. The third-order valence-corrected chi connectivity index (χ3v) is 4.60. The second-order valence-corrected chi connectivity index (χ2v) is 6.40. The molecule has 3 rings (SSSR count). The molecular formula is C17H19N3O2S. The van der Waals surface area contributed by atoms with Crippen LogP contribution in [0.2, 0.25) is 0 Å². The molecule has 0 radical (unpaired) electrons. The fourth-order valence-electron chi connectivity index (χ4n) is 2.34. The number of ether oxygens (including phenoxy) is 1. The van der Waals surface area contributed by atoms with Gasteiger partial charge in [-0.05, 0) is 37.1 Å². The zero-order chi connectivity index (χ0) is 16.2. The number of hydrogen-bond donors (Lipinski definition) is 1. The fraction of sp³-hybridized carbons (Fsp3) is 0.294. The average molecular weight is 329 g/mol. The first-order valence-electron chi connectivity index (χ1n) is 7.45. The fourth-order valence-corrected chi connectivity index (χ4v) is 3.17. The van der Waals surface area contributed by atoms with E-state index in [0.29, 0.717) is 5.75 Å². The van der Waals surface area contributed by atoms with Crippen LogP contribution in [0, 0.1) is 13.8 Å². The van der Waals surface area contributed by atoms with E-state index in [1.54, 1.807) is 0 Å². The van der Waals surface area contributed by atoms with Crippen LogP contribution in [0.4, 0.5) is 0 Å². The maximum absolute atomic E-state index is 10.2. The SMILES string of the molecule is Cc1cccc(C)c1OC[C@@H](O)CSc1nnc2ccccn12. The van der Waals surface area contributed by atoms with Crippen LogP contribution in [0.3, 0.4) is 0 Å². The minimum absolute atomic E-state index is 0.259. The van der Waals surface area contributed by atoms with Gasteiger partial charge in [0.1, 0.15) is 12.4 Å². The van der Waals surface area contributed by atoms with Crippen LogP contribution in [0.15, 0.2) is 47.8 Å². The van der Waals surface area contributed by atoms with E-state index in [9.17, 15) is 5.11 Å². The van der Waals surface area contributed by atoms with Gasteiger partial charge in [-0.1, -0.05) is 36.0 Å². The van der Waals surface area contributed by atoms with Gasteiger partial charge in [-0.15, -0.1) is 10.2 Å². The summed E-state index contributed by atoms with van der Waals surface area (Å²) < 4.78 is 7.69. The van der Waals surface area contributed by atoms with Crippen molar-refractivity contribution in [1.29, 1.82) is 0 Å². The van der Waals surface area contributed by atoms with Crippen LogP contribution in [-0.4, -0.2) is 38.2 Å². The Morgan fingerprint density at radius 3 is 2.70 bits per heavy atom. The molecule has 1 N–H and O–H groups in total. The van der Waals surface area contributed by atoms with E-state index in [-0.39, 0.29) is 6.61 Å². The number of nitrogens with zero attached hydrogens (tertiary/aromatic N) is 3. The summed E-state index contributed by atoms with van der Waals surface area (Å²) in [5.74, 6) is 1.35. The molecular weight excluding hydrogens is 310 g/mol. The first kappa shape index (κ1) is 15.8. The van der Waals surface area contributed by atoms with Crippen molar-refractivity contribution in [2.75, 3.05) is 12.4 Å². The number of pyridine rings is 1. The molecule has 0 saturated heterocycles. The third-order valence-electron chi connectivity index (χ3n) is 3.52. The van der Waals surface area contributed by atoms with Crippen LogP contribution in [0.5, 0.6) is 5.75 Å². The predicted octanol–water partition coefficient (Wildman–Crippen LogP) is 2.88. The van der Waals surface area contributed by atoms with Gasteiger partial charge in [0.25, 0.3) is 0 Å². The number of fused-ring (bicyclic) bond motifs is 1. The lowest BCUT2D eigenvalue weighted by atomic mass is 10.1. The molecule has 23 heavy (non-hydrogen) atoms. The molecule has 6 heteroatoms. The number of thioether (sulfide) groups is 1. The number of benzene rings is 1. The van der Waals surface area contributed by atoms with Gasteiger partial charge >= 0.3 is 0 Å². The summed E-state index contributed by atoms with van der Waals surface area (Å²) in [6, 6.07) is 11.8. The summed E-state index contributed by atoms with van der Waals surface area (Å²) in [4.78, 5) is 0. The van der Waals surface area contributed by atoms with Crippen molar-refractivity contribution in [1.82, 2.24) is 14.6 Å². The van der Waals surface area contributed by atoms with Crippen molar-refractivity contribution in [3.63, 3.8) is 0 Å². The molecule has 0 aliphatic heterocycles. The topological polar surface area (TPSA) is 59.7 Å². The van der Waals surface area contributed by atoms with Crippen LogP contribution in [0.25, 0.3) is 5.65 Å². The lowest BCUT2D eigenvalue weighted by molar-refractivity contribution is 0.125. The Morgan fingerprint density at radius 2 is 1.91 bits per heavy atom. The summed E-state index contributed by atoms with van der Waals surface area (Å²) >= 11 is 1.47. The molecule has 3 aromatic rings. The predicted molar refractivity (Wildman–Crippen MR) is 91.1 cm³/mol. The Balaban J connectivity index is 1.57. The first-order valence-corrected chi connectivity index (χ1v) is 8.43. The molecule has 0 unspecified atom stereocenters. The number of aliphatic hydroxyl groups excluding tert-OH is 1. The van der Waals surface area contributed by atoms with Crippen molar-refractivity contribution >= 4 is 17.4 Å². The number of rotatable bonds is 6. The van der Waals surface area contributed by atoms with Crippen molar-refractivity contribution < 1.29 is 9.84 Å². The van der Waals surface area contributed by atoms with Crippen LogP contribution >= 0.6 is 11.8 Å². The van der Waals surface area contributed by atoms with Crippen molar-refractivity contribution in [3.05, 3.63) is 53.7 Å². The second-order valence-electron chi connectivity index (χ2n) is 5.41. The van der Waals surface area contributed by atoms with Gasteiger partial charge in [-0.2, -0.15) is 0 Å². The maximum atomic E-state index is 10.2. The Hall–Kier alpha value is -2.05. The van der Waals surface area contributed by atoms with E-state index >= 15 is 0 Å². The molecule has 0 saturated carbocycles. The van der Waals surface area contributed by atoms with Gasteiger partial charge in [0, 0.05) is 11.9 Å². The van der Waals surface area contributed by atoms with Gasteiger partial charge in [-0.25, -0.2) is 0 Å².